The number of ether oxygens (including phenoxy) is 2. The van der Waals surface area contributed by atoms with Gasteiger partial charge in [-0.3, -0.25) is 0 Å². The first-order chi connectivity index (χ1) is 22.6. The molecule has 0 aliphatic rings. The van der Waals surface area contributed by atoms with Crippen LogP contribution in [0.4, 0.5) is 9.59 Å². The lowest BCUT2D eigenvalue weighted by molar-refractivity contribution is 0.0289. The van der Waals surface area contributed by atoms with E-state index in [0.29, 0.717) is 25.9 Å². The van der Waals surface area contributed by atoms with E-state index in [-0.39, 0.29) is 12.2 Å². The summed E-state index contributed by atoms with van der Waals surface area (Å²) in [4.78, 5) is 43.5. The summed E-state index contributed by atoms with van der Waals surface area (Å²) >= 11 is 0. The number of rotatable bonds is 9. The molecule has 0 aliphatic carbocycles. The van der Waals surface area contributed by atoms with Crippen molar-refractivity contribution in [2.75, 3.05) is 27.2 Å². The van der Waals surface area contributed by atoms with Crippen LogP contribution in [-0.2, 0) is 22.3 Å². The largest absolute Gasteiger partial charge is 0.444 e. The predicted octanol–water partition coefficient (Wildman–Crippen LogP) is 8.11. The molecule has 2 aromatic heterocycles. The summed E-state index contributed by atoms with van der Waals surface area (Å²) in [5, 5.41) is 2.28. The highest BCUT2D eigenvalue weighted by Gasteiger charge is 2.21. The van der Waals surface area contributed by atoms with E-state index >= 15 is 0 Å². The minimum atomic E-state index is -0.525. The van der Waals surface area contributed by atoms with Gasteiger partial charge in [-0.25, -0.2) is 19.6 Å². The van der Waals surface area contributed by atoms with Crippen molar-refractivity contribution in [2.45, 2.75) is 65.6 Å². The van der Waals surface area contributed by atoms with E-state index in [1.807, 2.05) is 53.9 Å². The van der Waals surface area contributed by atoms with Gasteiger partial charge >= 0.3 is 12.2 Å². The van der Waals surface area contributed by atoms with Crippen molar-refractivity contribution < 1.29 is 19.1 Å². The first kappa shape index (κ1) is 34.2. The van der Waals surface area contributed by atoms with Gasteiger partial charge < -0.3 is 29.2 Å². The van der Waals surface area contributed by atoms with Crippen LogP contribution in [0.5, 0.6) is 0 Å². The second-order valence-electron chi connectivity index (χ2n) is 14.1. The van der Waals surface area contributed by atoms with Gasteiger partial charge in [-0.15, -0.1) is 0 Å². The summed E-state index contributed by atoms with van der Waals surface area (Å²) in [7, 11) is 3.47. The van der Waals surface area contributed by atoms with Gasteiger partial charge in [0.2, 0.25) is 0 Å². The van der Waals surface area contributed by atoms with Gasteiger partial charge in [0.15, 0.2) is 0 Å². The highest BCUT2D eigenvalue weighted by atomic mass is 16.6. The van der Waals surface area contributed by atoms with Crippen molar-refractivity contribution >= 4 is 23.0 Å². The number of hydrogen-bond acceptors (Lipinski definition) is 6. The third kappa shape index (κ3) is 9.02. The van der Waals surface area contributed by atoms with Gasteiger partial charge in [0, 0.05) is 45.6 Å². The Morgan fingerprint density at radius 2 is 1.00 bits per heavy atom. The maximum absolute atomic E-state index is 12.3. The molecular formula is C38H46N6O4. The number of nitrogens with one attached hydrogen (secondary N) is 2. The Balaban J connectivity index is 1.19. The fourth-order valence-electron chi connectivity index (χ4n) is 5.12. The quantitative estimate of drug-likeness (QED) is 0.167. The Morgan fingerprint density at radius 3 is 1.48 bits per heavy atom. The number of nitrogens with zero attached hydrogens (tertiary/aromatic N) is 4. The van der Waals surface area contributed by atoms with Gasteiger partial charge in [-0.2, -0.15) is 0 Å². The van der Waals surface area contributed by atoms with Gasteiger partial charge in [0.25, 0.3) is 0 Å². The van der Waals surface area contributed by atoms with Gasteiger partial charge in [-0.1, -0.05) is 48.5 Å². The second-order valence-corrected chi connectivity index (χ2v) is 14.1. The normalized spacial score (nSPS) is 11.8. The van der Waals surface area contributed by atoms with Gasteiger partial charge in [0.1, 0.15) is 22.9 Å². The van der Waals surface area contributed by atoms with E-state index in [4.69, 9.17) is 9.47 Å². The zero-order chi connectivity index (χ0) is 34.6. The average Bonchev–Trinajstić information content (AvgIpc) is 3.71. The van der Waals surface area contributed by atoms with Crippen LogP contribution >= 0.6 is 0 Å². The van der Waals surface area contributed by atoms with Crippen molar-refractivity contribution in [1.29, 1.82) is 0 Å². The molecule has 3 aromatic carbocycles. The molecule has 0 saturated carbocycles. The lowest BCUT2D eigenvalue weighted by Crippen LogP contribution is -2.35. The Morgan fingerprint density at radius 1 is 0.604 bits per heavy atom. The first-order valence-electron chi connectivity index (χ1n) is 16.2. The van der Waals surface area contributed by atoms with Crippen LogP contribution < -0.4 is 0 Å². The minimum absolute atomic E-state index is 0.343. The predicted molar refractivity (Wildman–Crippen MR) is 190 cm³/mol. The monoisotopic (exact) mass is 650 g/mol. The third-order valence-electron chi connectivity index (χ3n) is 7.72. The number of H-pyrrole nitrogens is 2. The molecule has 0 atom stereocenters. The number of aromatic nitrogens is 4. The van der Waals surface area contributed by atoms with Crippen molar-refractivity contribution in [1.82, 2.24) is 29.7 Å². The van der Waals surface area contributed by atoms with Gasteiger partial charge in [0.05, 0.1) is 23.8 Å². The number of carbonyl (C=O) groups is 2. The Bertz CT molecular complexity index is 1880. The number of likely N-dealkylation sites (N-methyl/N-ethyl adjacent to an activating group) is 2. The van der Waals surface area contributed by atoms with E-state index in [0.717, 1.165) is 56.1 Å². The summed E-state index contributed by atoms with van der Waals surface area (Å²) in [6.07, 6.45) is 4.18. The molecule has 48 heavy (non-hydrogen) atoms. The number of hydrogen-bond donors (Lipinski definition) is 2. The fraction of sp³-hybridized carbons (Fsp3) is 0.368. The third-order valence-corrected chi connectivity index (χ3v) is 7.72. The minimum Gasteiger partial charge on any atom is -0.444 e. The number of aromatic amines is 2. The molecule has 0 saturated heterocycles. The maximum atomic E-state index is 12.3. The number of benzene rings is 3. The Labute approximate surface area is 282 Å². The smallest absolute Gasteiger partial charge is 0.410 e. The van der Waals surface area contributed by atoms with Crippen molar-refractivity contribution in [2.24, 2.45) is 0 Å². The van der Waals surface area contributed by atoms with Crippen LogP contribution in [0, 0.1) is 0 Å². The van der Waals surface area contributed by atoms with Crippen LogP contribution in [0.3, 0.4) is 0 Å². The molecule has 2 N–H and O–H groups in total. The molecule has 0 spiro atoms. The molecule has 5 rings (SSSR count). The molecule has 0 aliphatic heterocycles. The van der Waals surface area contributed by atoms with Crippen LogP contribution in [0.15, 0.2) is 73.1 Å². The van der Waals surface area contributed by atoms with Crippen molar-refractivity contribution in [3.05, 3.63) is 84.7 Å². The molecule has 252 valence electrons. The standard InChI is InChI=1S/C38H46N6O4/c1-37(2,3)47-35(45)43(7)19-17-33-39-23-31(41-33)26-11-9-25(10-12-26)27-13-14-29-22-30(16-15-28(29)21-27)32-24-40-34(42-32)18-20-44(8)36(46)48-38(4,5)6/h9-16,21-24H,17-20H2,1-8H3,(H,39,41)(H,40,42). The number of imidazole rings is 2. The summed E-state index contributed by atoms with van der Waals surface area (Å²) in [5.41, 5.74) is 5.16. The lowest BCUT2D eigenvalue weighted by atomic mass is 9.98. The molecule has 10 heteroatoms. The number of fused-ring (bicyclic) bond motifs is 1. The average molecular weight is 651 g/mol. The molecule has 0 radical (unpaired) electrons. The summed E-state index contributed by atoms with van der Waals surface area (Å²) in [6, 6.07) is 21.3. The number of amides is 2. The maximum Gasteiger partial charge on any atom is 0.410 e. The lowest BCUT2D eigenvalue weighted by Gasteiger charge is -2.24. The van der Waals surface area contributed by atoms with Crippen molar-refractivity contribution in [3.8, 4) is 33.6 Å². The van der Waals surface area contributed by atoms with Gasteiger partial charge in [-0.05, 0) is 81.1 Å². The SMILES string of the molecule is CN(CCc1ncc(-c2ccc(-c3ccc4cc(-c5cnc(CCN(C)C(=O)OC(C)(C)C)[nH]5)ccc4c3)cc2)[nH]1)C(=O)OC(C)(C)C. The van der Waals surface area contributed by atoms with E-state index in [1.165, 1.54) is 0 Å². The first-order valence-corrected chi connectivity index (χ1v) is 16.2. The van der Waals surface area contributed by atoms with Crippen LogP contribution in [0.1, 0.15) is 53.2 Å². The van der Waals surface area contributed by atoms with Crippen LogP contribution in [0.25, 0.3) is 44.4 Å². The molecule has 2 amide bonds. The van der Waals surface area contributed by atoms with E-state index in [9.17, 15) is 9.59 Å². The molecule has 0 bridgehead atoms. The zero-order valence-corrected chi connectivity index (χ0v) is 29.2. The van der Waals surface area contributed by atoms with Crippen LogP contribution in [0.2, 0.25) is 0 Å². The zero-order valence-electron chi connectivity index (χ0n) is 29.2. The molecular weight excluding hydrogens is 604 g/mol. The van der Waals surface area contributed by atoms with E-state index in [2.05, 4.69) is 80.6 Å². The molecule has 0 fully saturated rings. The van der Waals surface area contributed by atoms with Crippen molar-refractivity contribution in [3.63, 3.8) is 0 Å². The number of carbonyl (C=O) groups excluding carboxylic acids is 2. The summed E-state index contributed by atoms with van der Waals surface area (Å²) in [6.45, 7) is 12.2. The summed E-state index contributed by atoms with van der Waals surface area (Å²) < 4.78 is 10.9. The Kier molecular flexibility index (Phi) is 9.93. The Hall–Kier alpha value is -5.12. The topological polar surface area (TPSA) is 116 Å². The van der Waals surface area contributed by atoms with E-state index < -0.39 is 11.2 Å². The van der Waals surface area contributed by atoms with Crippen LogP contribution in [-0.4, -0.2) is 80.3 Å². The highest BCUT2D eigenvalue weighted by molar-refractivity contribution is 5.90. The molecule has 2 heterocycles. The highest BCUT2D eigenvalue weighted by Crippen LogP contribution is 2.29. The fourth-order valence-corrected chi connectivity index (χ4v) is 5.12. The molecule has 5 aromatic rings. The van der Waals surface area contributed by atoms with E-state index in [1.54, 1.807) is 23.9 Å². The molecule has 0 unspecified atom stereocenters. The molecule has 10 nitrogen and oxygen atoms in total. The second kappa shape index (κ2) is 13.9. The summed E-state index contributed by atoms with van der Waals surface area (Å²) in [5.74, 6) is 1.63.